The Morgan fingerprint density at radius 2 is 1.40 bits per heavy atom. The predicted octanol–water partition coefficient (Wildman–Crippen LogP) is 8.49. The molecule has 0 amide bonds. The van der Waals surface area contributed by atoms with E-state index in [4.69, 9.17) is 0 Å². The van der Waals surface area contributed by atoms with Crippen LogP contribution in [0, 0.1) is 5.92 Å². The van der Waals surface area contributed by atoms with Gasteiger partial charge >= 0.3 is 0 Å². The van der Waals surface area contributed by atoms with Gasteiger partial charge in [-0.3, -0.25) is 0 Å². The molecule has 25 heavy (non-hydrogen) atoms. The molecule has 0 N–H and O–H groups in total. The van der Waals surface area contributed by atoms with Crippen molar-refractivity contribution >= 4 is 0 Å². The van der Waals surface area contributed by atoms with Crippen molar-refractivity contribution in [1.29, 1.82) is 0 Å². The summed E-state index contributed by atoms with van der Waals surface area (Å²) in [6.07, 6.45) is 21.7. The molecule has 0 aliphatic heterocycles. The minimum absolute atomic E-state index is 0.684. The molecule has 1 atom stereocenters. The van der Waals surface area contributed by atoms with Crippen LogP contribution in [0.15, 0.2) is 58.2 Å². The van der Waals surface area contributed by atoms with Crippen LogP contribution in [0.1, 0.15) is 92.9 Å². The standard InChI is InChI=1S/C25H40/c1-20(2)10-7-15-24(6)25-18-16-22(4)13-8-11-21(3)12-9-14-23(5)17-19-25/h10-11,14-16,25H,7-9,12-13,17-19H2,1-6H3/b21-11+,22-16+,23-14+,24-15-/t25-/m1/s1. The zero-order valence-electron chi connectivity index (χ0n) is 17.6. The molecule has 0 aromatic rings. The molecule has 0 heteroatoms. The molecule has 0 unspecified atom stereocenters. The fraction of sp³-hybridized carbons (Fsp3) is 0.600. The normalized spacial score (nSPS) is 27.8. The first-order valence-electron chi connectivity index (χ1n) is 10.2. The summed E-state index contributed by atoms with van der Waals surface area (Å²) in [5.41, 5.74) is 7.64. The molecular formula is C25H40. The molecule has 0 saturated heterocycles. The second-order valence-electron chi connectivity index (χ2n) is 8.17. The number of allylic oxidation sites excluding steroid dienone is 10. The lowest BCUT2D eigenvalue weighted by atomic mass is 9.88. The third-order valence-electron chi connectivity index (χ3n) is 5.31. The van der Waals surface area contributed by atoms with Crippen molar-refractivity contribution in [2.45, 2.75) is 92.9 Å². The average molecular weight is 341 g/mol. The highest BCUT2D eigenvalue weighted by Crippen LogP contribution is 2.26. The number of hydrogen-bond acceptors (Lipinski definition) is 0. The van der Waals surface area contributed by atoms with Gasteiger partial charge in [0.1, 0.15) is 0 Å². The minimum Gasteiger partial charge on any atom is -0.0853 e. The molecule has 0 radical (unpaired) electrons. The molecule has 140 valence electrons. The van der Waals surface area contributed by atoms with Crippen molar-refractivity contribution in [3.05, 3.63) is 58.2 Å². The maximum absolute atomic E-state index is 2.50. The zero-order valence-corrected chi connectivity index (χ0v) is 17.6. The summed E-state index contributed by atoms with van der Waals surface area (Å²) in [5.74, 6) is 0.684. The van der Waals surface area contributed by atoms with Crippen LogP contribution < -0.4 is 0 Å². The van der Waals surface area contributed by atoms with E-state index in [-0.39, 0.29) is 0 Å². The SMILES string of the molecule is CC(C)=CC/C=C(/C)[C@@H]1C/C=C(\C)CC/C=C(\C)CC/C=C(\C)CC1. The molecule has 1 aliphatic rings. The lowest BCUT2D eigenvalue weighted by Crippen LogP contribution is -2.02. The smallest absolute Gasteiger partial charge is 0.0164 e. The summed E-state index contributed by atoms with van der Waals surface area (Å²) < 4.78 is 0. The van der Waals surface area contributed by atoms with Gasteiger partial charge in [-0.05, 0) is 98.8 Å². The van der Waals surface area contributed by atoms with Gasteiger partial charge in [0, 0.05) is 0 Å². The fourth-order valence-corrected chi connectivity index (χ4v) is 3.32. The van der Waals surface area contributed by atoms with Crippen LogP contribution in [0.25, 0.3) is 0 Å². The Balaban J connectivity index is 2.86. The van der Waals surface area contributed by atoms with Gasteiger partial charge in [0.25, 0.3) is 0 Å². The van der Waals surface area contributed by atoms with Gasteiger partial charge in [0.15, 0.2) is 0 Å². The maximum atomic E-state index is 2.50. The molecule has 0 heterocycles. The van der Waals surface area contributed by atoms with Gasteiger partial charge in [-0.25, -0.2) is 0 Å². The van der Waals surface area contributed by atoms with Gasteiger partial charge in [0.05, 0.1) is 0 Å². The lowest BCUT2D eigenvalue weighted by molar-refractivity contribution is 0.560. The largest absolute Gasteiger partial charge is 0.0853 e. The van der Waals surface area contributed by atoms with Crippen LogP contribution >= 0.6 is 0 Å². The van der Waals surface area contributed by atoms with E-state index in [9.17, 15) is 0 Å². The molecule has 0 saturated carbocycles. The molecule has 0 fully saturated rings. The number of rotatable bonds is 3. The predicted molar refractivity (Wildman–Crippen MR) is 115 cm³/mol. The molecule has 1 rings (SSSR count). The summed E-state index contributed by atoms with van der Waals surface area (Å²) in [6, 6.07) is 0. The monoisotopic (exact) mass is 340 g/mol. The van der Waals surface area contributed by atoms with Crippen LogP contribution in [-0.2, 0) is 0 Å². The molecule has 0 bridgehead atoms. The fourth-order valence-electron chi connectivity index (χ4n) is 3.32. The van der Waals surface area contributed by atoms with E-state index in [1.54, 1.807) is 22.3 Å². The Labute approximate surface area is 157 Å². The van der Waals surface area contributed by atoms with Crippen molar-refractivity contribution < 1.29 is 0 Å². The quantitative estimate of drug-likeness (QED) is 0.452. The third kappa shape index (κ3) is 10.3. The molecule has 1 aliphatic carbocycles. The molecule has 0 spiro atoms. The van der Waals surface area contributed by atoms with Gasteiger partial charge < -0.3 is 0 Å². The van der Waals surface area contributed by atoms with Gasteiger partial charge in [-0.1, -0.05) is 58.2 Å². The highest BCUT2D eigenvalue weighted by atomic mass is 14.2. The van der Waals surface area contributed by atoms with E-state index in [2.05, 4.69) is 71.9 Å². The van der Waals surface area contributed by atoms with Crippen molar-refractivity contribution in [3.63, 3.8) is 0 Å². The van der Waals surface area contributed by atoms with E-state index >= 15 is 0 Å². The molecule has 0 aromatic carbocycles. The van der Waals surface area contributed by atoms with Crippen molar-refractivity contribution in [2.24, 2.45) is 5.92 Å². The summed E-state index contributed by atoms with van der Waals surface area (Å²) in [7, 11) is 0. The first-order valence-corrected chi connectivity index (χ1v) is 10.2. The van der Waals surface area contributed by atoms with Crippen LogP contribution in [0.3, 0.4) is 0 Å². The Morgan fingerprint density at radius 3 is 2.00 bits per heavy atom. The van der Waals surface area contributed by atoms with E-state index < -0.39 is 0 Å². The third-order valence-corrected chi connectivity index (χ3v) is 5.31. The Bertz CT molecular complexity index is 545. The molecule has 0 aromatic heterocycles. The van der Waals surface area contributed by atoms with E-state index in [0.29, 0.717) is 5.92 Å². The second kappa shape index (κ2) is 12.1. The van der Waals surface area contributed by atoms with Gasteiger partial charge in [-0.2, -0.15) is 0 Å². The summed E-state index contributed by atoms with van der Waals surface area (Å²) in [5, 5.41) is 0. The first-order chi connectivity index (χ1) is 11.9. The van der Waals surface area contributed by atoms with Gasteiger partial charge in [0.2, 0.25) is 0 Å². The second-order valence-corrected chi connectivity index (χ2v) is 8.17. The highest BCUT2D eigenvalue weighted by Gasteiger charge is 2.10. The summed E-state index contributed by atoms with van der Waals surface area (Å²) in [4.78, 5) is 0. The molecule has 0 nitrogen and oxygen atoms in total. The Kier molecular flexibility index (Phi) is 10.5. The van der Waals surface area contributed by atoms with Crippen molar-refractivity contribution in [3.8, 4) is 0 Å². The van der Waals surface area contributed by atoms with E-state index in [1.165, 1.54) is 50.5 Å². The highest BCUT2D eigenvalue weighted by molar-refractivity contribution is 5.13. The van der Waals surface area contributed by atoms with Crippen LogP contribution in [0.4, 0.5) is 0 Å². The van der Waals surface area contributed by atoms with Crippen molar-refractivity contribution in [1.82, 2.24) is 0 Å². The minimum atomic E-state index is 0.684. The first kappa shape index (κ1) is 21.7. The van der Waals surface area contributed by atoms with E-state index in [1.807, 2.05) is 0 Å². The summed E-state index contributed by atoms with van der Waals surface area (Å²) >= 11 is 0. The van der Waals surface area contributed by atoms with Crippen LogP contribution in [0.5, 0.6) is 0 Å². The lowest BCUT2D eigenvalue weighted by Gasteiger charge is -2.18. The molecular weight excluding hydrogens is 300 g/mol. The number of hydrogen-bond donors (Lipinski definition) is 0. The van der Waals surface area contributed by atoms with E-state index in [0.717, 1.165) is 6.42 Å². The zero-order chi connectivity index (χ0) is 18.7. The average Bonchev–Trinajstić information content (AvgIpc) is 2.53. The van der Waals surface area contributed by atoms with Crippen molar-refractivity contribution in [2.75, 3.05) is 0 Å². The Morgan fingerprint density at radius 1 is 0.840 bits per heavy atom. The topological polar surface area (TPSA) is 0 Å². The maximum Gasteiger partial charge on any atom is -0.0164 e. The Hall–Kier alpha value is -1.30. The van der Waals surface area contributed by atoms with Crippen LogP contribution in [0.2, 0.25) is 0 Å². The van der Waals surface area contributed by atoms with Gasteiger partial charge in [-0.15, -0.1) is 0 Å². The summed E-state index contributed by atoms with van der Waals surface area (Å²) in [6.45, 7) is 13.6. The van der Waals surface area contributed by atoms with Crippen LogP contribution in [-0.4, -0.2) is 0 Å².